The highest BCUT2D eigenvalue weighted by atomic mass is 79.9. The van der Waals surface area contributed by atoms with E-state index >= 15 is 0 Å². The molecule has 0 saturated heterocycles. The number of thiophene rings is 1. The molecule has 0 fully saturated rings. The maximum absolute atomic E-state index is 9.12. The summed E-state index contributed by atoms with van der Waals surface area (Å²) in [5, 5.41) is 13.6. The molecule has 1 heterocycles. The monoisotopic (exact) mass is 375 g/mol. The summed E-state index contributed by atoms with van der Waals surface area (Å²) in [4.78, 5) is 1.03. The van der Waals surface area contributed by atoms with E-state index in [1.54, 1.807) is 17.4 Å². The highest BCUT2D eigenvalue weighted by Crippen LogP contribution is 2.45. The van der Waals surface area contributed by atoms with Crippen molar-refractivity contribution in [2.24, 2.45) is 5.16 Å². The Bertz CT molecular complexity index is 683. The molecule has 0 bridgehead atoms. The van der Waals surface area contributed by atoms with Crippen molar-refractivity contribution in [1.29, 1.82) is 0 Å². The van der Waals surface area contributed by atoms with Crippen molar-refractivity contribution in [3.8, 4) is 0 Å². The Balaban J connectivity index is 2.09. The molecule has 0 spiro atoms. The van der Waals surface area contributed by atoms with Crippen LogP contribution < -0.4 is 0 Å². The van der Waals surface area contributed by atoms with E-state index in [9.17, 15) is 0 Å². The van der Waals surface area contributed by atoms with Gasteiger partial charge in [0.25, 0.3) is 0 Å². The van der Waals surface area contributed by atoms with Crippen molar-refractivity contribution < 1.29 is 5.21 Å². The largest absolute Gasteiger partial charge is 0.411 e. The third kappa shape index (κ3) is 2.31. The van der Waals surface area contributed by atoms with Gasteiger partial charge >= 0.3 is 0 Å². The molecule has 0 saturated carbocycles. The summed E-state index contributed by atoms with van der Waals surface area (Å²) in [6.07, 6.45) is 0.683. The Kier molecular flexibility index (Phi) is 3.60. The van der Waals surface area contributed by atoms with Gasteiger partial charge in [-0.1, -0.05) is 34.4 Å². The molecule has 0 radical (unpaired) electrons. The first-order valence-electron chi connectivity index (χ1n) is 5.55. The molecular weight excluding hydrogens is 369 g/mol. The summed E-state index contributed by atoms with van der Waals surface area (Å²) in [5.41, 5.74) is 2.98. The van der Waals surface area contributed by atoms with E-state index in [-0.39, 0.29) is 5.92 Å². The number of rotatable bonds is 1. The molecule has 6 heteroatoms. The van der Waals surface area contributed by atoms with Gasteiger partial charge in [-0.2, -0.15) is 0 Å². The van der Waals surface area contributed by atoms with E-state index in [4.69, 9.17) is 28.4 Å². The van der Waals surface area contributed by atoms with Gasteiger partial charge in [0.05, 0.1) is 24.4 Å². The lowest BCUT2D eigenvalue weighted by Crippen LogP contribution is -1.98. The summed E-state index contributed by atoms with van der Waals surface area (Å²) >= 11 is 17.1. The van der Waals surface area contributed by atoms with E-state index in [0.29, 0.717) is 16.5 Å². The number of halogens is 3. The summed E-state index contributed by atoms with van der Waals surface area (Å²) < 4.78 is 1.03. The second kappa shape index (κ2) is 5.09. The maximum Gasteiger partial charge on any atom is 0.0980 e. The lowest BCUT2D eigenvalue weighted by atomic mass is 9.94. The van der Waals surface area contributed by atoms with Gasteiger partial charge in [0.1, 0.15) is 0 Å². The zero-order valence-corrected chi connectivity index (χ0v) is 13.4. The topological polar surface area (TPSA) is 32.6 Å². The van der Waals surface area contributed by atoms with Crippen LogP contribution in [-0.2, 0) is 0 Å². The Labute approximate surface area is 132 Å². The molecule has 1 aromatic heterocycles. The zero-order valence-electron chi connectivity index (χ0n) is 9.53. The maximum atomic E-state index is 9.12. The van der Waals surface area contributed by atoms with Gasteiger partial charge in [0.2, 0.25) is 0 Å². The zero-order chi connectivity index (χ0) is 13.6. The van der Waals surface area contributed by atoms with Crippen LogP contribution in [0.5, 0.6) is 0 Å². The molecule has 98 valence electrons. The molecule has 0 amide bonds. The fourth-order valence-electron chi connectivity index (χ4n) is 2.37. The Morgan fingerprint density at radius 2 is 2.05 bits per heavy atom. The van der Waals surface area contributed by atoms with Gasteiger partial charge in [-0.05, 0) is 45.3 Å². The summed E-state index contributed by atoms with van der Waals surface area (Å²) in [7, 11) is 0. The summed E-state index contributed by atoms with van der Waals surface area (Å²) in [6.45, 7) is 0. The quantitative estimate of drug-likeness (QED) is 0.514. The molecule has 1 aromatic carbocycles. The van der Waals surface area contributed by atoms with Crippen LogP contribution in [0.2, 0.25) is 10.0 Å². The van der Waals surface area contributed by atoms with Crippen molar-refractivity contribution in [3.63, 3.8) is 0 Å². The smallest absolute Gasteiger partial charge is 0.0980 e. The predicted molar refractivity (Wildman–Crippen MR) is 83.3 cm³/mol. The highest BCUT2D eigenvalue weighted by Gasteiger charge is 2.32. The first-order chi connectivity index (χ1) is 9.10. The van der Waals surface area contributed by atoms with Gasteiger partial charge in [-0.15, -0.1) is 11.3 Å². The van der Waals surface area contributed by atoms with Crippen LogP contribution in [0.25, 0.3) is 0 Å². The summed E-state index contributed by atoms with van der Waals surface area (Å²) in [5.74, 6) is 0.165. The van der Waals surface area contributed by atoms with Crippen molar-refractivity contribution in [2.45, 2.75) is 12.3 Å². The van der Waals surface area contributed by atoms with Crippen LogP contribution in [0.1, 0.15) is 28.3 Å². The first kappa shape index (κ1) is 13.4. The third-order valence-electron chi connectivity index (χ3n) is 3.23. The van der Waals surface area contributed by atoms with Crippen LogP contribution in [0.3, 0.4) is 0 Å². The number of hydrogen-bond donors (Lipinski definition) is 1. The van der Waals surface area contributed by atoms with Crippen molar-refractivity contribution in [3.05, 3.63) is 54.1 Å². The normalized spacial score (nSPS) is 19.9. The van der Waals surface area contributed by atoms with Crippen molar-refractivity contribution in [2.75, 3.05) is 0 Å². The Morgan fingerprint density at radius 1 is 1.26 bits per heavy atom. The lowest BCUT2D eigenvalue weighted by molar-refractivity contribution is 0.318. The van der Waals surface area contributed by atoms with Crippen LogP contribution in [-0.4, -0.2) is 10.9 Å². The summed E-state index contributed by atoms with van der Waals surface area (Å²) in [6, 6.07) is 7.72. The average molecular weight is 377 g/mol. The van der Waals surface area contributed by atoms with Gasteiger partial charge in [0, 0.05) is 12.3 Å². The van der Waals surface area contributed by atoms with E-state index in [1.807, 2.05) is 12.1 Å². The minimum absolute atomic E-state index is 0.165. The standard InChI is InChI=1S/C13H8BrCl2NOS/c14-12-5-8-7(4-11(17-18)13(8)19-12)6-1-2-9(15)10(16)3-6/h1-3,5,7,18H,4H2. The van der Waals surface area contributed by atoms with E-state index < -0.39 is 0 Å². The van der Waals surface area contributed by atoms with Crippen LogP contribution >= 0.6 is 50.5 Å². The second-order valence-corrected chi connectivity index (χ2v) is 7.56. The number of benzene rings is 1. The van der Waals surface area contributed by atoms with Crippen molar-refractivity contribution in [1.82, 2.24) is 0 Å². The molecule has 19 heavy (non-hydrogen) atoms. The molecule has 2 aromatic rings. The van der Waals surface area contributed by atoms with E-state index in [0.717, 1.165) is 19.9 Å². The molecule has 1 aliphatic rings. The number of oxime groups is 1. The van der Waals surface area contributed by atoms with Gasteiger partial charge in [0.15, 0.2) is 0 Å². The molecule has 2 nitrogen and oxygen atoms in total. The van der Waals surface area contributed by atoms with Crippen LogP contribution in [0.15, 0.2) is 33.2 Å². The van der Waals surface area contributed by atoms with Gasteiger partial charge in [-0.3, -0.25) is 0 Å². The van der Waals surface area contributed by atoms with Crippen molar-refractivity contribution >= 4 is 56.2 Å². The molecule has 3 rings (SSSR count). The van der Waals surface area contributed by atoms with E-state index in [2.05, 4.69) is 27.2 Å². The Hall–Kier alpha value is -0.550. The highest BCUT2D eigenvalue weighted by molar-refractivity contribution is 9.11. The Morgan fingerprint density at radius 3 is 2.74 bits per heavy atom. The number of hydrogen-bond acceptors (Lipinski definition) is 3. The van der Waals surface area contributed by atoms with Crippen LogP contribution in [0, 0.1) is 0 Å². The minimum atomic E-state index is 0.165. The fourth-order valence-corrected chi connectivity index (χ4v) is 4.35. The molecule has 1 N–H and O–H groups in total. The molecular formula is C13H8BrCl2NOS. The minimum Gasteiger partial charge on any atom is -0.411 e. The van der Waals surface area contributed by atoms with Gasteiger partial charge < -0.3 is 5.21 Å². The predicted octanol–water partition coefficient (Wildman–Crippen LogP) is 5.53. The number of nitrogens with zero attached hydrogens (tertiary/aromatic N) is 1. The third-order valence-corrected chi connectivity index (χ3v) is 5.67. The van der Waals surface area contributed by atoms with E-state index in [1.165, 1.54) is 5.56 Å². The second-order valence-electron chi connectivity index (χ2n) is 4.31. The molecule has 1 atom stereocenters. The fraction of sp³-hybridized carbons (Fsp3) is 0.154. The van der Waals surface area contributed by atoms with Crippen LogP contribution in [0.4, 0.5) is 0 Å². The molecule has 1 unspecified atom stereocenters. The number of fused-ring (bicyclic) bond motifs is 1. The average Bonchev–Trinajstić information content (AvgIpc) is 2.90. The molecule has 1 aliphatic carbocycles. The lowest BCUT2D eigenvalue weighted by Gasteiger charge is -2.11. The van der Waals surface area contributed by atoms with Gasteiger partial charge in [-0.25, -0.2) is 0 Å². The first-order valence-corrected chi connectivity index (χ1v) is 7.92. The SMILES string of the molecule is ON=C1CC(c2ccc(Cl)c(Cl)c2)c2cc(Br)sc21. The molecule has 0 aliphatic heterocycles.